The lowest BCUT2D eigenvalue weighted by atomic mass is 10.1. The second-order valence-electron chi connectivity index (χ2n) is 6.39. The highest BCUT2D eigenvalue weighted by atomic mass is 32.1. The van der Waals surface area contributed by atoms with E-state index in [0.717, 1.165) is 28.4 Å². The first-order valence-electron chi connectivity index (χ1n) is 8.25. The molecule has 0 unspecified atom stereocenters. The molecule has 2 heterocycles. The van der Waals surface area contributed by atoms with Crippen molar-refractivity contribution in [2.45, 2.75) is 45.6 Å². The maximum Gasteiger partial charge on any atom is 0.196 e. The Labute approximate surface area is 143 Å². The van der Waals surface area contributed by atoms with Gasteiger partial charge in [0.25, 0.3) is 0 Å². The number of imidazole rings is 1. The van der Waals surface area contributed by atoms with Crippen LogP contribution in [0.1, 0.15) is 36.3 Å². The number of halogens is 2. The fourth-order valence-electron chi connectivity index (χ4n) is 3.44. The molecule has 3 nitrogen and oxygen atoms in total. The molecule has 1 fully saturated rings. The zero-order valence-corrected chi connectivity index (χ0v) is 14.5. The fourth-order valence-corrected chi connectivity index (χ4v) is 4.41. The van der Waals surface area contributed by atoms with E-state index in [0.29, 0.717) is 17.6 Å². The Morgan fingerprint density at radius 3 is 2.50 bits per heavy atom. The molecule has 24 heavy (non-hydrogen) atoms. The molecule has 126 valence electrons. The van der Waals surface area contributed by atoms with Gasteiger partial charge in [0.05, 0.1) is 5.56 Å². The Hall–Kier alpha value is -1.95. The minimum Gasteiger partial charge on any atom is -0.367 e. The van der Waals surface area contributed by atoms with E-state index in [1.165, 1.54) is 31.0 Å². The number of anilines is 1. The van der Waals surface area contributed by atoms with E-state index in [1.54, 1.807) is 11.3 Å². The summed E-state index contributed by atoms with van der Waals surface area (Å²) in [7, 11) is 0. The van der Waals surface area contributed by atoms with Gasteiger partial charge in [0, 0.05) is 16.6 Å². The fraction of sp³-hybridized carbons (Fsp3) is 0.389. The van der Waals surface area contributed by atoms with Crippen LogP contribution >= 0.6 is 11.3 Å². The number of fused-ring (bicyclic) bond motifs is 1. The monoisotopic (exact) mass is 347 g/mol. The largest absolute Gasteiger partial charge is 0.367 e. The summed E-state index contributed by atoms with van der Waals surface area (Å²) in [4.78, 5) is 6.49. The number of thiazole rings is 1. The highest BCUT2D eigenvalue weighted by molar-refractivity contribution is 7.17. The molecule has 0 atom stereocenters. The van der Waals surface area contributed by atoms with Crippen LogP contribution in [0.2, 0.25) is 0 Å². The number of hydrogen-bond donors (Lipinski definition) is 1. The van der Waals surface area contributed by atoms with E-state index in [2.05, 4.69) is 10.3 Å². The van der Waals surface area contributed by atoms with Gasteiger partial charge >= 0.3 is 0 Å². The van der Waals surface area contributed by atoms with Crippen molar-refractivity contribution in [1.29, 1.82) is 0 Å². The zero-order valence-electron chi connectivity index (χ0n) is 13.7. The number of benzene rings is 1. The molecular formula is C18H19F2N3S. The van der Waals surface area contributed by atoms with Crippen molar-refractivity contribution in [3.63, 3.8) is 0 Å². The Balaban J connectivity index is 1.94. The van der Waals surface area contributed by atoms with Gasteiger partial charge < -0.3 is 5.32 Å². The van der Waals surface area contributed by atoms with Crippen molar-refractivity contribution in [2.75, 3.05) is 5.32 Å². The first-order chi connectivity index (χ1) is 11.6. The molecule has 1 saturated carbocycles. The molecule has 0 amide bonds. The number of aromatic nitrogens is 2. The van der Waals surface area contributed by atoms with Gasteiger partial charge in [0.2, 0.25) is 0 Å². The van der Waals surface area contributed by atoms with Gasteiger partial charge in [-0.1, -0.05) is 18.9 Å². The predicted octanol–water partition coefficient (Wildman–Crippen LogP) is 5.31. The molecule has 2 aromatic heterocycles. The molecule has 0 saturated heterocycles. The second kappa shape index (κ2) is 5.84. The standard InChI is InChI=1S/C18H19F2N3S/c1-10-11(2)24-18-22-16(15-13(19)8-5-9-14(15)20)17(23(10)18)21-12-6-3-4-7-12/h5,8-9,12,21H,3-4,6-7H2,1-2H3. The molecular weight excluding hydrogens is 328 g/mol. The molecule has 1 aliphatic carbocycles. The highest BCUT2D eigenvalue weighted by Crippen LogP contribution is 2.37. The molecule has 3 aromatic rings. The predicted molar refractivity (Wildman–Crippen MR) is 93.8 cm³/mol. The maximum atomic E-state index is 14.3. The van der Waals surface area contributed by atoms with Gasteiger partial charge in [-0.2, -0.15) is 0 Å². The molecule has 6 heteroatoms. The van der Waals surface area contributed by atoms with E-state index in [9.17, 15) is 8.78 Å². The van der Waals surface area contributed by atoms with Gasteiger partial charge in [-0.15, -0.1) is 11.3 Å². The molecule has 0 aliphatic heterocycles. The van der Waals surface area contributed by atoms with Gasteiger partial charge in [-0.25, -0.2) is 13.8 Å². The minimum absolute atomic E-state index is 0.0500. The quantitative estimate of drug-likeness (QED) is 0.695. The lowest BCUT2D eigenvalue weighted by Gasteiger charge is -2.15. The average molecular weight is 347 g/mol. The van der Waals surface area contributed by atoms with E-state index in [-0.39, 0.29) is 5.56 Å². The molecule has 0 bridgehead atoms. The number of nitrogens with zero attached hydrogens (tertiary/aromatic N) is 2. The highest BCUT2D eigenvalue weighted by Gasteiger charge is 2.25. The first-order valence-corrected chi connectivity index (χ1v) is 9.07. The van der Waals surface area contributed by atoms with E-state index < -0.39 is 11.6 Å². The molecule has 1 aliphatic rings. The summed E-state index contributed by atoms with van der Waals surface area (Å²) in [5.74, 6) is -0.447. The summed E-state index contributed by atoms with van der Waals surface area (Å²) < 4.78 is 30.7. The van der Waals surface area contributed by atoms with Crippen LogP contribution in [0.3, 0.4) is 0 Å². The number of nitrogens with one attached hydrogen (secondary N) is 1. The Morgan fingerprint density at radius 1 is 1.17 bits per heavy atom. The third-order valence-electron chi connectivity index (χ3n) is 4.83. The SMILES string of the molecule is Cc1sc2nc(-c3c(F)cccc3F)c(NC3CCCC3)n2c1C. The van der Waals surface area contributed by atoms with Crippen molar-refractivity contribution < 1.29 is 8.78 Å². The van der Waals surface area contributed by atoms with E-state index in [4.69, 9.17) is 0 Å². The van der Waals surface area contributed by atoms with Crippen LogP contribution in [0.25, 0.3) is 16.2 Å². The van der Waals surface area contributed by atoms with Crippen molar-refractivity contribution in [3.8, 4) is 11.3 Å². The number of rotatable bonds is 3. The zero-order chi connectivity index (χ0) is 16.8. The molecule has 0 radical (unpaired) electrons. The maximum absolute atomic E-state index is 14.3. The number of hydrogen-bond acceptors (Lipinski definition) is 3. The topological polar surface area (TPSA) is 29.3 Å². The van der Waals surface area contributed by atoms with Gasteiger partial charge in [0.15, 0.2) is 4.96 Å². The van der Waals surface area contributed by atoms with Crippen LogP contribution in [0.15, 0.2) is 18.2 Å². The normalized spacial score (nSPS) is 15.5. The molecule has 1 N–H and O–H groups in total. The second-order valence-corrected chi connectivity index (χ2v) is 7.57. The lowest BCUT2D eigenvalue weighted by molar-refractivity contribution is 0.589. The molecule has 4 rings (SSSR count). The van der Waals surface area contributed by atoms with E-state index >= 15 is 0 Å². The first kappa shape index (κ1) is 15.6. The number of aryl methyl sites for hydroxylation is 2. The van der Waals surface area contributed by atoms with E-state index in [1.807, 2.05) is 18.2 Å². The molecule has 1 aromatic carbocycles. The Kier molecular flexibility index (Phi) is 3.79. The summed E-state index contributed by atoms with van der Waals surface area (Å²) in [5.41, 5.74) is 1.38. The van der Waals surface area contributed by atoms with Crippen molar-refractivity contribution in [2.24, 2.45) is 0 Å². The summed E-state index contributed by atoms with van der Waals surface area (Å²) in [6.45, 7) is 4.05. The van der Waals surface area contributed by atoms with Crippen LogP contribution in [-0.4, -0.2) is 15.4 Å². The summed E-state index contributed by atoms with van der Waals surface area (Å²) in [5, 5.41) is 3.51. The van der Waals surface area contributed by atoms with Crippen LogP contribution in [0.5, 0.6) is 0 Å². The Morgan fingerprint density at radius 2 is 1.83 bits per heavy atom. The average Bonchev–Trinajstić information content (AvgIpc) is 3.21. The summed E-state index contributed by atoms with van der Waals surface area (Å²) in [6, 6.07) is 4.27. The minimum atomic E-state index is -0.579. The smallest absolute Gasteiger partial charge is 0.196 e. The van der Waals surface area contributed by atoms with Crippen LogP contribution in [-0.2, 0) is 0 Å². The van der Waals surface area contributed by atoms with Crippen molar-refractivity contribution in [1.82, 2.24) is 9.38 Å². The van der Waals surface area contributed by atoms with Crippen LogP contribution in [0.4, 0.5) is 14.6 Å². The van der Waals surface area contributed by atoms with Crippen LogP contribution in [0, 0.1) is 25.5 Å². The van der Waals surface area contributed by atoms with Crippen LogP contribution < -0.4 is 5.32 Å². The van der Waals surface area contributed by atoms with Gasteiger partial charge in [0.1, 0.15) is 23.1 Å². The third-order valence-corrected chi connectivity index (χ3v) is 5.89. The third kappa shape index (κ3) is 2.40. The van der Waals surface area contributed by atoms with Crippen molar-refractivity contribution >= 4 is 22.1 Å². The Bertz CT molecular complexity index is 887. The van der Waals surface area contributed by atoms with Gasteiger partial charge in [-0.3, -0.25) is 4.40 Å². The molecule has 0 spiro atoms. The lowest BCUT2D eigenvalue weighted by Crippen LogP contribution is -2.17. The van der Waals surface area contributed by atoms with Crippen molar-refractivity contribution in [3.05, 3.63) is 40.4 Å². The summed E-state index contributed by atoms with van der Waals surface area (Å²) >= 11 is 1.54. The summed E-state index contributed by atoms with van der Waals surface area (Å²) in [6.07, 6.45) is 4.53. The van der Waals surface area contributed by atoms with Gasteiger partial charge in [-0.05, 0) is 38.8 Å².